The fourth-order valence-corrected chi connectivity index (χ4v) is 1.56. The molecule has 0 saturated heterocycles. The first-order chi connectivity index (χ1) is 8.11. The second-order valence-corrected chi connectivity index (χ2v) is 3.62. The van der Waals surface area contributed by atoms with Crippen molar-refractivity contribution < 1.29 is 9.13 Å². The van der Waals surface area contributed by atoms with Gasteiger partial charge in [0.1, 0.15) is 5.82 Å². The van der Waals surface area contributed by atoms with Gasteiger partial charge in [0.15, 0.2) is 5.75 Å². The van der Waals surface area contributed by atoms with Crippen LogP contribution in [0.2, 0.25) is 0 Å². The molecule has 0 unspecified atom stereocenters. The van der Waals surface area contributed by atoms with Gasteiger partial charge in [-0.3, -0.25) is 9.97 Å². The van der Waals surface area contributed by atoms with Crippen molar-refractivity contribution in [1.29, 1.82) is 0 Å². The Bertz CT molecular complexity index is 540. The van der Waals surface area contributed by atoms with E-state index in [1.54, 1.807) is 12.4 Å². The molecule has 0 radical (unpaired) electrons. The lowest BCUT2D eigenvalue weighted by molar-refractivity contribution is 0.417. The van der Waals surface area contributed by atoms with Gasteiger partial charge in [-0.05, 0) is 13.0 Å². The number of aryl methyl sites for hydroxylation is 1. The molecular formula is C12H12FN3O. The Morgan fingerprint density at radius 1 is 1.24 bits per heavy atom. The third-order valence-electron chi connectivity index (χ3n) is 2.34. The van der Waals surface area contributed by atoms with E-state index < -0.39 is 5.82 Å². The van der Waals surface area contributed by atoms with Gasteiger partial charge in [0.25, 0.3) is 0 Å². The minimum atomic E-state index is -0.430. The lowest BCUT2D eigenvalue weighted by atomic mass is 10.1. The molecule has 0 saturated carbocycles. The molecule has 2 aromatic rings. The maximum atomic E-state index is 13.3. The lowest BCUT2D eigenvalue weighted by Gasteiger charge is -2.10. The Morgan fingerprint density at radius 3 is 2.59 bits per heavy atom. The topological polar surface area (TPSA) is 61.0 Å². The van der Waals surface area contributed by atoms with Crippen molar-refractivity contribution >= 4 is 5.69 Å². The highest BCUT2D eigenvalue weighted by Gasteiger charge is 2.12. The molecule has 1 heterocycles. The van der Waals surface area contributed by atoms with Crippen LogP contribution >= 0.6 is 0 Å². The highest BCUT2D eigenvalue weighted by Crippen LogP contribution is 2.34. The van der Waals surface area contributed by atoms with Crippen LogP contribution in [0.4, 0.5) is 10.1 Å². The number of hydrogen-bond acceptors (Lipinski definition) is 4. The third kappa shape index (κ3) is 2.18. The Morgan fingerprint density at radius 2 is 2.00 bits per heavy atom. The third-order valence-corrected chi connectivity index (χ3v) is 2.34. The molecule has 1 aromatic carbocycles. The van der Waals surface area contributed by atoms with Crippen molar-refractivity contribution in [2.24, 2.45) is 0 Å². The van der Waals surface area contributed by atoms with Gasteiger partial charge in [0.2, 0.25) is 0 Å². The van der Waals surface area contributed by atoms with E-state index in [1.807, 2.05) is 6.92 Å². The van der Waals surface area contributed by atoms with E-state index in [9.17, 15) is 4.39 Å². The van der Waals surface area contributed by atoms with Crippen molar-refractivity contribution in [2.75, 3.05) is 12.8 Å². The van der Waals surface area contributed by atoms with Crippen molar-refractivity contribution in [3.8, 4) is 17.0 Å². The van der Waals surface area contributed by atoms with E-state index in [0.717, 1.165) is 5.69 Å². The average molecular weight is 233 g/mol. The monoisotopic (exact) mass is 233 g/mol. The molecule has 88 valence electrons. The quantitative estimate of drug-likeness (QED) is 0.807. The number of hydrogen-bond donors (Lipinski definition) is 1. The molecule has 0 spiro atoms. The summed E-state index contributed by atoms with van der Waals surface area (Å²) in [6, 6.07) is 2.54. The zero-order valence-electron chi connectivity index (χ0n) is 9.57. The fourth-order valence-electron chi connectivity index (χ4n) is 1.56. The SMILES string of the molecule is COc1c(N)cc(F)cc1-c1cnc(C)cn1. The molecule has 4 nitrogen and oxygen atoms in total. The smallest absolute Gasteiger partial charge is 0.151 e. The van der Waals surface area contributed by atoms with E-state index in [1.165, 1.54) is 19.2 Å². The normalized spacial score (nSPS) is 10.3. The molecule has 2 N–H and O–H groups in total. The van der Waals surface area contributed by atoms with Gasteiger partial charge >= 0.3 is 0 Å². The standard InChI is InChI=1S/C12H12FN3O/c1-7-5-16-11(6-15-7)9-3-8(13)4-10(14)12(9)17-2/h3-6H,14H2,1-2H3. The highest BCUT2D eigenvalue weighted by atomic mass is 19.1. The number of rotatable bonds is 2. The summed E-state index contributed by atoms with van der Waals surface area (Å²) in [5, 5.41) is 0. The first kappa shape index (κ1) is 11.3. The molecule has 0 aliphatic heterocycles. The number of ether oxygens (including phenoxy) is 1. The minimum Gasteiger partial charge on any atom is -0.494 e. The molecule has 0 fully saturated rings. The second-order valence-electron chi connectivity index (χ2n) is 3.62. The summed E-state index contributed by atoms with van der Waals surface area (Å²) in [7, 11) is 1.48. The maximum Gasteiger partial charge on any atom is 0.151 e. The summed E-state index contributed by atoms with van der Waals surface area (Å²) in [5.41, 5.74) is 7.74. The summed E-state index contributed by atoms with van der Waals surface area (Å²) in [6.07, 6.45) is 3.17. The Hall–Kier alpha value is -2.17. The Kier molecular flexibility index (Phi) is 2.91. The summed E-state index contributed by atoms with van der Waals surface area (Å²) < 4.78 is 18.5. The summed E-state index contributed by atoms with van der Waals surface area (Å²) in [5.74, 6) is -0.0229. The Labute approximate surface area is 98.3 Å². The van der Waals surface area contributed by atoms with E-state index >= 15 is 0 Å². The largest absolute Gasteiger partial charge is 0.494 e. The van der Waals surface area contributed by atoms with E-state index in [2.05, 4.69) is 9.97 Å². The first-order valence-electron chi connectivity index (χ1n) is 5.04. The summed E-state index contributed by atoms with van der Waals surface area (Å²) >= 11 is 0. The molecule has 0 atom stereocenters. The molecule has 1 aromatic heterocycles. The molecule has 0 aliphatic carbocycles. The zero-order valence-corrected chi connectivity index (χ0v) is 9.57. The molecule has 17 heavy (non-hydrogen) atoms. The van der Waals surface area contributed by atoms with Crippen LogP contribution in [-0.4, -0.2) is 17.1 Å². The average Bonchev–Trinajstić information content (AvgIpc) is 2.29. The number of benzene rings is 1. The fraction of sp³-hybridized carbons (Fsp3) is 0.167. The molecule has 0 bridgehead atoms. The van der Waals surface area contributed by atoms with Crippen LogP contribution in [0.3, 0.4) is 0 Å². The molecule has 0 amide bonds. The number of nitrogens with two attached hydrogens (primary N) is 1. The number of halogens is 1. The highest BCUT2D eigenvalue weighted by molar-refractivity contribution is 5.74. The van der Waals surface area contributed by atoms with Crippen molar-refractivity contribution in [3.63, 3.8) is 0 Å². The van der Waals surface area contributed by atoms with Crippen LogP contribution in [0.15, 0.2) is 24.5 Å². The van der Waals surface area contributed by atoms with Crippen molar-refractivity contribution in [1.82, 2.24) is 9.97 Å². The van der Waals surface area contributed by atoms with Crippen LogP contribution in [0.25, 0.3) is 11.3 Å². The number of nitrogens with zero attached hydrogens (tertiary/aromatic N) is 2. The number of anilines is 1. The van der Waals surface area contributed by atoms with Gasteiger partial charge in [0.05, 0.1) is 30.4 Å². The maximum absolute atomic E-state index is 13.3. The van der Waals surface area contributed by atoms with Crippen LogP contribution in [0.5, 0.6) is 5.75 Å². The molecule has 2 rings (SSSR count). The van der Waals surface area contributed by atoms with E-state index in [0.29, 0.717) is 17.0 Å². The molecular weight excluding hydrogens is 221 g/mol. The number of nitrogen functional groups attached to an aromatic ring is 1. The van der Waals surface area contributed by atoms with E-state index in [-0.39, 0.29) is 5.69 Å². The van der Waals surface area contributed by atoms with Gasteiger partial charge in [-0.25, -0.2) is 4.39 Å². The van der Waals surface area contributed by atoms with Crippen LogP contribution in [0, 0.1) is 12.7 Å². The van der Waals surface area contributed by atoms with E-state index in [4.69, 9.17) is 10.5 Å². The predicted octanol–water partition coefficient (Wildman–Crippen LogP) is 2.18. The summed E-state index contributed by atoms with van der Waals surface area (Å²) in [6.45, 7) is 1.83. The summed E-state index contributed by atoms with van der Waals surface area (Å²) in [4.78, 5) is 8.28. The first-order valence-corrected chi connectivity index (χ1v) is 5.04. The van der Waals surface area contributed by atoms with Gasteiger partial charge in [0, 0.05) is 17.8 Å². The van der Waals surface area contributed by atoms with Gasteiger partial charge in [-0.15, -0.1) is 0 Å². The predicted molar refractivity (Wildman–Crippen MR) is 63.1 cm³/mol. The van der Waals surface area contributed by atoms with Gasteiger partial charge in [-0.2, -0.15) is 0 Å². The van der Waals surface area contributed by atoms with Gasteiger partial charge < -0.3 is 10.5 Å². The lowest BCUT2D eigenvalue weighted by Crippen LogP contribution is -1.98. The molecule has 0 aliphatic rings. The zero-order chi connectivity index (χ0) is 12.4. The van der Waals surface area contributed by atoms with Crippen LogP contribution in [-0.2, 0) is 0 Å². The van der Waals surface area contributed by atoms with Crippen molar-refractivity contribution in [2.45, 2.75) is 6.92 Å². The number of methoxy groups -OCH3 is 1. The van der Waals surface area contributed by atoms with Gasteiger partial charge in [-0.1, -0.05) is 0 Å². The Balaban J connectivity index is 2.61. The van der Waals surface area contributed by atoms with Crippen LogP contribution in [0.1, 0.15) is 5.69 Å². The second kappa shape index (κ2) is 4.37. The minimum absolute atomic E-state index is 0.241. The van der Waals surface area contributed by atoms with Crippen molar-refractivity contribution in [3.05, 3.63) is 36.0 Å². The number of aromatic nitrogens is 2. The molecule has 5 heteroatoms. The van der Waals surface area contributed by atoms with Crippen LogP contribution < -0.4 is 10.5 Å².